The van der Waals surface area contributed by atoms with Gasteiger partial charge in [0.1, 0.15) is 0 Å². The SMILES string of the molecule is O=CC#CC(=O)c1ccccc1. The molecule has 2 nitrogen and oxygen atoms in total. The summed E-state index contributed by atoms with van der Waals surface area (Å²) in [6.45, 7) is 0. The van der Waals surface area contributed by atoms with Crippen LogP contribution in [-0.4, -0.2) is 12.1 Å². The Morgan fingerprint density at radius 3 is 2.50 bits per heavy atom. The number of ketones is 1. The Bertz CT molecular complexity index is 341. The average molecular weight is 158 g/mol. The van der Waals surface area contributed by atoms with Crippen molar-refractivity contribution in [2.75, 3.05) is 0 Å². The fourth-order valence-corrected chi connectivity index (χ4v) is 0.757. The van der Waals surface area contributed by atoms with E-state index in [0.29, 0.717) is 11.8 Å². The van der Waals surface area contributed by atoms with Crippen molar-refractivity contribution < 1.29 is 9.59 Å². The molecule has 2 heteroatoms. The first-order valence-corrected chi connectivity index (χ1v) is 3.39. The molecule has 0 aliphatic rings. The van der Waals surface area contributed by atoms with Gasteiger partial charge in [-0.2, -0.15) is 0 Å². The number of Topliss-reactive ketones (excluding diaryl/α,β-unsaturated/α-hetero) is 1. The molecule has 1 aromatic carbocycles. The maximum atomic E-state index is 11.1. The number of hydrogen-bond donors (Lipinski definition) is 0. The van der Waals surface area contributed by atoms with E-state index in [1.54, 1.807) is 24.3 Å². The maximum Gasteiger partial charge on any atom is 0.236 e. The summed E-state index contributed by atoms with van der Waals surface area (Å²) in [7, 11) is 0. The molecule has 0 atom stereocenters. The van der Waals surface area contributed by atoms with E-state index in [-0.39, 0.29) is 5.78 Å². The predicted molar refractivity (Wildman–Crippen MR) is 44.6 cm³/mol. The average Bonchev–Trinajstić information content (AvgIpc) is 2.15. The normalized spacial score (nSPS) is 8.00. The maximum absolute atomic E-state index is 11.1. The molecular formula is C10H6O2. The van der Waals surface area contributed by atoms with Crippen molar-refractivity contribution in [2.24, 2.45) is 0 Å². The van der Waals surface area contributed by atoms with E-state index >= 15 is 0 Å². The van der Waals surface area contributed by atoms with Crippen molar-refractivity contribution in [3.8, 4) is 11.8 Å². The van der Waals surface area contributed by atoms with E-state index < -0.39 is 0 Å². The lowest BCUT2D eigenvalue weighted by molar-refractivity contribution is -0.103. The van der Waals surface area contributed by atoms with Gasteiger partial charge in [0.05, 0.1) is 0 Å². The predicted octanol–water partition coefficient (Wildman–Crippen LogP) is 1.07. The van der Waals surface area contributed by atoms with Gasteiger partial charge < -0.3 is 0 Å². The van der Waals surface area contributed by atoms with Gasteiger partial charge in [-0.1, -0.05) is 30.3 Å². The summed E-state index contributed by atoms with van der Waals surface area (Å²) >= 11 is 0. The van der Waals surface area contributed by atoms with E-state index in [2.05, 4.69) is 11.8 Å². The summed E-state index contributed by atoms with van der Waals surface area (Å²) in [4.78, 5) is 20.9. The lowest BCUT2D eigenvalue weighted by Crippen LogP contribution is -1.93. The lowest BCUT2D eigenvalue weighted by atomic mass is 10.1. The minimum Gasteiger partial charge on any atom is -0.289 e. The number of benzene rings is 1. The van der Waals surface area contributed by atoms with Crippen LogP contribution in [0.2, 0.25) is 0 Å². The quantitative estimate of drug-likeness (QED) is 0.265. The molecule has 0 saturated carbocycles. The van der Waals surface area contributed by atoms with Crippen molar-refractivity contribution in [1.82, 2.24) is 0 Å². The summed E-state index contributed by atoms with van der Waals surface area (Å²) in [6.07, 6.45) is 0.404. The molecule has 58 valence electrons. The number of carbonyl (C=O) groups is 2. The van der Waals surface area contributed by atoms with Crippen LogP contribution in [0.25, 0.3) is 0 Å². The van der Waals surface area contributed by atoms with Gasteiger partial charge >= 0.3 is 0 Å². The monoisotopic (exact) mass is 158 g/mol. The van der Waals surface area contributed by atoms with Gasteiger partial charge in [0.15, 0.2) is 6.29 Å². The zero-order chi connectivity index (χ0) is 8.81. The molecule has 0 aliphatic carbocycles. The summed E-state index contributed by atoms with van der Waals surface area (Å²) in [5.74, 6) is 3.93. The van der Waals surface area contributed by atoms with E-state index in [1.165, 1.54) is 0 Å². The van der Waals surface area contributed by atoms with Crippen LogP contribution in [0.5, 0.6) is 0 Å². The highest BCUT2D eigenvalue weighted by Crippen LogP contribution is 1.97. The van der Waals surface area contributed by atoms with Gasteiger partial charge in [-0.25, -0.2) is 0 Å². The number of rotatable bonds is 1. The van der Waals surface area contributed by atoms with Crippen molar-refractivity contribution >= 4 is 12.1 Å². The van der Waals surface area contributed by atoms with E-state index in [9.17, 15) is 9.59 Å². The van der Waals surface area contributed by atoms with Crippen LogP contribution in [-0.2, 0) is 4.79 Å². The number of hydrogen-bond acceptors (Lipinski definition) is 2. The van der Waals surface area contributed by atoms with Crippen LogP contribution >= 0.6 is 0 Å². The molecule has 0 amide bonds. The second-order valence-electron chi connectivity index (χ2n) is 2.08. The van der Waals surface area contributed by atoms with Crippen LogP contribution in [0.1, 0.15) is 10.4 Å². The first-order valence-electron chi connectivity index (χ1n) is 3.39. The molecule has 0 fully saturated rings. The second kappa shape index (κ2) is 4.09. The van der Waals surface area contributed by atoms with Crippen molar-refractivity contribution in [3.63, 3.8) is 0 Å². The largest absolute Gasteiger partial charge is 0.289 e. The molecule has 0 heterocycles. The third-order valence-corrected chi connectivity index (χ3v) is 1.28. The molecular weight excluding hydrogens is 152 g/mol. The highest BCUT2D eigenvalue weighted by molar-refractivity contribution is 6.10. The van der Waals surface area contributed by atoms with Crippen LogP contribution < -0.4 is 0 Å². The summed E-state index contributed by atoms with van der Waals surface area (Å²) in [6, 6.07) is 8.61. The third kappa shape index (κ3) is 2.06. The van der Waals surface area contributed by atoms with Crippen LogP contribution in [0.15, 0.2) is 30.3 Å². The summed E-state index contributed by atoms with van der Waals surface area (Å²) in [5.41, 5.74) is 0.506. The van der Waals surface area contributed by atoms with Gasteiger partial charge in [0.25, 0.3) is 0 Å². The first kappa shape index (κ1) is 8.22. The van der Waals surface area contributed by atoms with E-state index in [0.717, 1.165) is 0 Å². The smallest absolute Gasteiger partial charge is 0.236 e. The van der Waals surface area contributed by atoms with Crippen molar-refractivity contribution in [2.45, 2.75) is 0 Å². The van der Waals surface area contributed by atoms with E-state index in [4.69, 9.17) is 0 Å². The molecule has 1 rings (SSSR count). The Labute approximate surface area is 70.2 Å². The second-order valence-corrected chi connectivity index (χ2v) is 2.08. The van der Waals surface area contributed by atoms with Gasteiger partial charge in [0, 0.05) is 5.56 Å². The Balaban J connectivity index is 2.86. The minimum atomic E-state index is -0.331. The fraction of sp³-hybridized carbons (Fsp3) is 0. The van der Waals surface area contributed by atoms with Crippen LogP contribution in [0.3, 0.4) is 0 Å². The van der Waals surface area contributed by atoms with Gasteiger partial charge in [-0.05, 0) is 11.8 Å². The molecule has 0 bridgehead atoms. The minimum absolute atomic E-state index is 0.331. The molecule has 0 unspecified atom stereocenters. The molecule has 0 spiro atoms. The lowest BCUT2D eigenvalue weighted by Gasteiger charge is -1.89. The third-order valence-electron chi connectivity index (χ3n) is 1.28. The molecule has 1 aromatic rings. The Morgan fingerprint density at radius 1 is 1.25 bits per heavy atom. The summed E-state index contributed by atoms with van der Waals surface area (Å²) in [5, 5.41) is 0. The topological polar surface area (TPSA) is 34.1 Å². The zero-order valence-electron chi connectivity index (χ0n) is 6.28. The van der Waals surface area contributed by atoms with Gasteiger partial charge in [0.2, 0.25) is 5.78 Å². The molecule has 0 saturated heterocycles. The number of carbonyl (C=O) groups excluding carboxylic acids is 2. The molecule has 0 radical (unpaired) electrons. The summed E-state index contributed by atoms with van der Waals surface area (Å²) < 4.78 is 0. The number of aldehydes is 1. The van der Waals surface area contributed by atoms with Crippen molar-refractivity contribution in [3.05, 3.63) is 35.9 Å². The fourth-order valence-electron chi connectivity index (χ4n) is 0.757. The Kier molecular flexibility index (Phi) is 2.80. The van der Waals surface area contributed by atoms with Crippen LogP contribution in [0, 0.1) is 11.8 Å². The standard InChI is InChI=1S/C10H6O2/c11-8-4-7-10(12)9-5-2-1-3-6-9/h1-3,5-6,8H. The Morgan fingerprint density at radius 2 is 1.92 bits per heavy atom. The molecule has 12 heavy (non-hydrogen) atoms. The highest BCUT2D eigenvalue weighted by atomic mass is 16.1. The zero-order valence-corrected chi connectivity index (χ0v) is 6.28. The van der Waals surface area contributed by atoms with Gasteiger partial charge in [-0.3, -0.25) is 9.59 Å². The molecule has 0 N–H and O–H groups in total. The molecule has 0 aliphatic heterocycles. The molecule has 0 aromatic heterocycles. The van der Waals surface area contributed by atoms with Gasteiger partial charge in [-0.15, -0.1) is 0 Å². The first-order chi connectivity index (χ1) is 5.84. The van der Waals surface area contributed by atoms with Crippen molar-refractivity contribution in [1.29, 1.82) is 0 Å². The van der Waals surface area contributed by atoms with Crippen LogP contribution in [0.4, 0.5) is 0 Å². The highest BCUT2D eigenvalue weighted by Gasteiger charge is 1.97. The van der Waals surface area contributed by atoms with E-state index in [1.807, 2.05) is 6.07 Å². The Hall–Kier alpha value is -1.88.